The van der Waals surface area contributed by atoms with E-state index in [1.54, 1.807) is 31.2 Å². The van der Waals surface area contributed by atoms with E-state index in [1.165, 1.54) is 17.5 Å². The summed E-state index contributed by atoms with van der Waals surface area (Å²) in [4.78, 5) is 12.3. The lowest BCUT2D eigenvalue weighted by molar-refractivity contribution is 0.0818. The smallest absolute Gasteiger partial charge is 0.202 e. The van der Waals surface area contributed by atoms with Crippen molar-refractivity contribution in [2.24, 2.45) is 0 Å². The van der Waals surface area contributed by atoms with E-state index in [4.69, 9.17) is 16.3 Å². The number of halogens is 1. The summed E-state index contributed by atoms with van der Waals surface area (Å²) in [5.74, 6) is 0.734. The van der Waals surface area contributed by atoms with Crippen LogP contribution in [0.1, 0.15) is 34.8 Å². The van der Waals surface area contributed by atoms with E-state index in [2.05, 4.69) is 12.1 Å². The number of benzene rings is 2. The van der Waals surface area contributed by atoms with Crippen molar-refractivity contribution < 1.29 is 9.53 Å². The molecule has 0 radical (unpaired) electrons. The maximum atomic E-state index is 12.3. The van der Waals surface area contributed by atoms with Gasteiger partial charge in [-0.2, -0.15) is 0 Å². The highest BCUT2D eigenvalue weighted by molar-refractivity contribution is 6.30. The summed E-state index contributed by atoms with van der Waals surface area (Å²) >= 11 is 5.84. The second-order valence-corrected chi connectivity index (χ2v) is 5.85. The Labute approximate surface area is 129 Å². The monoisotopic (exact) mass is 300 g/mol. The Morgan fingerprint density at radius 3 is 2.57 bits per heavy atom. The van der Waals surface area contributed by atoms with Crippen molar-refractivity contribution in [1.82, 2.24) is 0 Å². The Kier molecular flexibility index (Phi) is 3.98. The van der Waals surface area contributed by atoms with Gasteiger partial charge >= 0.3 is 0 Å². The average molecular weight is 301 g/mol. The molecule has 1 aliphatic rings. The maximum absolute atomic E-state index is 12.3. The predicted octanol–water partition coefficient (Wildman–Crippen LogP) is 4.48. The standard InChI is InChI=1S/C18H17ClO2/c1-12(18(20)14-5-8-16(19)9-6-14)21-17-10-7-13-3-2-4-15(13)11-17/h5-12H,2-4H2,1H3. The summed E-state index contributed by atoms with van der Waals surface area (Å²) in [6.07, 6.45) is 2.95. The van der Waals surface area contributed by atoms with Crippen LogP contribution in [0.3, 0.4) is 0 Å². The first-order valence-corrected chi connectivity index (χ1v) is 7.59. The van der Waals surface area contributed by atoms with Gasteiger partial charge in [-0.3, -0.25) is 4.79 Å². The van der Waals surface area contributed by atoms with Gasteiger partial charge in [0.1, 0.15) is 5.75 Å². The molecule has 1 atom stereocenters. The molecule has 0 N–H and O–H groups in total. The topological polar surface area (TPSA) is 26.3 Å². The number of carbonyl (C=O) groups is 1. The molecule has 0 saturated carbocycles. The van der Waals surface area contributed by atoms with Gasteiger partial charge in [0.25, 0.3) is 0 Å². The molecule has 3 heteroatoms. The molecular weight excluding hydrogens is 284 g/mol. The lowest BCUT2D eigenvalue weighted by Crippen LogP contribution is -2.23. The van der Waals surface area contributed by atoms with Crippen molar-refractivity contribution in [1.29, 1.82) is 0 Å². The molecule has 3 rings (SSSR count). The molecule has 0 aromatic heterocycles. The van der Waals surface area contributed by atoms with Gasteiger partial charge in [-0.05, 0) is 73.7 Å². The first-order valence-electron chi connectivity index (χ1n) is 7.22. The van der Waals surface area contributed by atoms with Crippen LogP contribution in [0.25, 0.3) is 0 Å². The predicted molar refractivity (Wildman–Crippen MR) is 84.3 cm³/mol. The van der Waals surface area contributed by atoms with Crippen LogP contribution in [0, 0.1) is 0 Å². The van der Waals surface area contributed by atoms with Crippen molar-refractivity contribution in [3.8, 4) is 5.75 Å². The summed E-state index contributed by atoms with van der Waals surface area (Å²) in [5.41, 5.74) is 3.37. The maximum Gasteiger partial charge on any atom is 0.202 e. The third-order valence-corrected chi connectivity index (χ3v) is 4.13. The van der Waals surface area contributed by atoms with Crippen molar-refractivity contribution >= 4 is 17.4 Å². The van der Waals surface area contributed by atoms with Crippen LogP contribution in [-0.4, -0.2) is 11.9 Å². The zero-order valence-corrected chi connectivity index (χ0v) is 12.7. The van der Waals surface area contributed by atoms with E-state index in [-0.39, 0.29) is 5.78 Å². The zero-order valence-electron chi connectivity index (χ0n) is 11.9. The summed E-state index contributed by atoms with van der Waals surface area (Å²) in [7, 11) is 0. The minimum absolute atomic E-state index is 0.0350. The van der Waals surface area contributed by atoms with E-state index < -0.39 is 6.10 Å². The fourth-order valence-electron chi connectivity index (χ4n) is 2.73. The molecule has 108 valence electrons. The fourth-order valence-corrected chi connectivity index (χ4v) is 2.85. The number of hydrogen-bond acceptors (Lipinski definition) is 2. The van der Waals surface area contributed by atoms with E-state index in [9.17, 15) is 4.79 Å². The molecule has 1 unspecified atom stereocenters. The van der Waals surface area contributed by atoms with Crippen LogP contribution in [0.5, 0.6) is 5.75 Å². The van der Waals surface area contributed by atoms with Gasteiger partial charge in [0.2, 0.25) is 5.78 Å². The molecule has 0 saturated heterocycles. The SMILES string of the molecule is CC(Oc1ccc2c(c1)CCC2)C(=O)c1ccc(Cl)cc1. The summed E-state index contributed by atoms with van der Waals surface area (Å²) < 4.78 is 5.80. The van der Waals surface area contributed by atoms with Crippen molar-refractivity contribution in [3.63, 3.8) is 0 Å². The number of ether oxygens (including phenoxy) is 1. The molecule has 1 aliphatic carbocycles. The van der Waals surface area contributed by atoms with Crippen LogP contribution in [0.15, 0.2) is 42.5 Å². The summed E-state index contributed by atoms with van der Waals surface area (Å²) in [6, 6.07) is 13.0. The molecule has 2 aromatic rings. The second-order valence-electron chi connectivity index (χ2n) is 5.42. The number of rotatable bonds is 4. The minimum Gasteiger partial charge on any atom is -0.483 e. The fraction of sp³-hybridized carbons (Fsp3) is 0.278. The number of ketones is 1. The highest BCUT2D eigenvalue weighted by Crippen LogP contribution is 2.26. The first-order chi connectivity index (χ1) is 10.1. The molecule has 0 aliphatic heterocycles. The van der Waals surface area contributed by atoms with Gasteiger partial charge in [0, 0.05) is 10.6 Å². The molecule has 21 heavy (non-hydrogen) atoms. The van der Waals surface area contributed by atoms with Crippen LogP contribution < -0.4 is 4.74 Å². The number of fused-ring (bicyclic) bond motifs is 1. The highest BCUT2D eigenvalue weighted by Gasteiger charge is 2.18. The third-order valence-electron chi connectivity index (χ3n) is 3.88. The van der Waals surface area contributed by atoms with Crippen molar-refractivity contribution in [2.45, 2.75) is 32.3 Å². The van der Waals surface area contributed by atoms with Crippen molar-refractivity contribution in [3.05, 3.63) is 64.2 Å². The summed E-state index contributed by atoms with van der Waals surface area (Å²) in [5, 5.41) is 0.624. The van der Waals surface area contributed by atoms with Gasteiger partial charge in [-0.25, -0.2) is 0 Å². The molecule has 0 spiro atoms. The molecule has 2 nitrogen and oxygen atoms in total. The normalized spacial score (nSPS) is 14.6. The number of Topliss-reactive ketones (excluding diaryl/α,β-unsaturated/α-hetero) is 1. The number of carbonyl (C=O) groups excluding carboxylic acids is 1. The molecule has 2 aromatic carbocycles. The van der Waals surface area contributed by atoms with E-state index in [0.29, 0.717) is 10.6 Å². The zero-order chi connectivity index (χ0) is 14.8. The van der Waals surface area contributed by atoms with Crippen LogP contribution in [-0.2, 0) is 12.8 Å². The lowest BCUT2D eigenvalue weighted by atomic mass is 10.1. The van der Waals surface area contributed by atoms with E-state index in [0.717, 1.165) is 18.6 Å². The first kappa shape index (κ1) is 14.2. The largest absolute Gasteiger partial charge is 0.483 e. The Bertz CT molecular complexity index is 661. The molecule has 0 fully saturated rings. The molecule has 0 amide bonds. The van der Waals surface area contributed by atoms with Gasteiger partial charge in [0.15, 0.2) is 6.10 Å². The molecular formula is C18H17ClO2. The quantitative estimate of drug-likeness (QED) is 0.778. The highest BCUT2D eigenvalue weighted by atomic mass is 35.5. The third kappa shape index (κ3) is 3.11. The van der Waals surface area contributed by atoms with Crippen LogP contribution >= 0.6 is 11.6 Å². The van der Waals surface area contributed by atoms with Gasteiger partial charge in [-0.15, -0.1) is 0 Å². The Balaban J connectivity index is 1.72. The van der Waals surface area contributed by atoms with E-state index in [1.807, 2.05) is 6.07 Å². The number of hydrogen-bond donors (Lipinski definition) is 0. The molecule has 0 heterocycles. The molecule has 0 bridgehead atoms. The Morgan fingerprint density at radius 1 is 1.10 bits per heavy atom. The Morgan fingerprint density at radius 2 is 1.81 bits per heavy atom. The van der Waals surface area contributed by atoms with Gasteiger partial charge in [-0.1, -0.05) is 17.7 Å². The average Bonchev–Trinajstić information content (AvgIpc) is 2.95. The number of aryl methyl sites for hydroxylation is 2. The Hall–Kier alpha value is -1.80. The van der Waals surface area contributed by atoms with Gasteiger partial charge < -0.3 is 4.74 Å². The second kappa shape index (κ2) is 5.90. The van der Waals surface area contributed by atoms with Crippen LogP contribution in [0.4, 0.5) is 0 Å². The van der Waals surface area contributed by atoms with Gasteiger partial charge in [0.05, 0.1) is 0 Å². The lowest BCUT2D eigenvalue weighted by Gasteiger charge is -2.14. The van der Waals surface area contributed by atoms with Crippen molar-refractivity contribution in [2.75, 3.05) is 0 Å². The van der Waals surface area contributed by atoms with Crippen LogP contribution in [0.2, 0.25) is 5.02 Å². The summed E-state index contributed by atoms with van der Waals surface area (Å²) in [6.45, 7) is 1.78. The minimum atomic E-state index is -0.509. The van der Waals surface area contributed by atoms with E-state index >= 15 is 0 Å².